The van der Waals surface area contributed by atoms with Crippen LogP contribution in [0.1, 0.15) is 33.6 Å². The van der Waals surface area contributed by atoms with Crippen molar-refractivity contribution in [3.8, 4) is 0 Å². The first-order chi connectivity index (χ1) is 9.47. The van der Waals surface area contributed by atoms with Crippen molar-refractivity contribution >= 4 is 23.2 Å². The monoisotopic (exact) mass is 277 g/mol. The van der Waals surface area contributed by atoms with E-state index in [4.69, 9.17) is 0 Å². The minimum atomic E-state index is -0.112. The molecular weight excluding hydrogens is 254 g/mol. The van der Waals surface area contributed by atoms with Crippen molar-refractivity contribution in [3.05, 3.63) is 24.3 Å². The van der Waals surface area contributed by atoms with Gasteiger partial charge in [0.15, 0.2) is 0 Å². The third-order valence-corrected chi connectivity index (χ3v) is 2.62. The van der Waals surface area contributed by atoms with E-state index in [1.165, 1.54) is 6.92 Å². The van der Waals surface area contributed by atoms with Gasteiger partial charge >= 0.3 is 0 Å². The van der Waals surface area contributed by atoms with Crippen LogP contribution in [0, 0.1) is 0 Å². The Morgan fingerprint density at radius 2 is 1.60 bits per heavy atom. The van der Waals surface area contributed by atoms with E-state index in [1.807, 2.05) is 0 Å². The minimum absolute atomic E-state index is 0.00262. The van der Waals surface area contributed by atoms with Gasteiger partial charge in [-0.25, -0.2) is 0 Å². The molecule has 0 heterocycles. The second kappa shape index (κ2) is 8.32. The smallest absolute Gasteiger partial charge is 0.224 e. The fraction of sp³-hybridized carbons (Fsp3) is 0.467. The molecule has 110 valence electrons. The molecule has 5 heteroatoms. The highest BCUT2D eigenvalue weighted by Crippen LogP contribution is 2.13. The van der Waals surface area contributed by atoms with Crippen molar-refractivity contribution in [1.29, 1.82) is 0 Å². The Morgan fingerprint density at radius 3 is 2.10 bits per heavy atom. The van der Waals surface area contributed by atoms with Gasteiger partial charge in [-0.3, -0.25) is 9.59 Å². The Bertz CT molecular complexity index is 441. The van der Waals surface area contributed by atoms with Gasteiger partial charge in [0.1, 0.15) is 0 Å². The zero-order valence-electron chi connectivity index (χ0n) is 12.3. The lowest BCUT2D eigenvalue weighted by Crippen LogP contribution is -2.24. The first-order valence-corrected chi connectivity index (χ1v) is 6.88. The molecule has 0 unspecified atom stereocenters. The van der Waals surface area contributed by atoms with Gasteiger partial charge < -0.3 is 16.0 Å². The number of carbonyl (C=O) groups excluding carboxylic acids is 2. The topological polar surface area (TPSA) is 70.2 Å². The van der Waals surface area contributed by atoms with Crippen molar-refractivity contribution in [2.75, 3.05) is 17.2 Å². The van der Waals surface area contributed by atoms with Gasteiger partial charge in [0.05, 0.1) is 0 Å². The summed E-state index contributed by atoms with van der Waals surface area (Å²) in [6, 6.07) is 7.51. The molecule has 0 bridgehead atoms. The van der Waals surface area contributed by atoms with Crippen LogP contribution in [-0.2, 0) is 9.59 Å². The lowest BCUT2D eigenvalue weighted by molar-refractivity contribution is -0.116. The predicted molar refractivity (Wildman–Crippen MR) is 81.7 cm³/mol. The predicted octanol–water partition coefficient (Wildman–Crippen LogP) is 2.36. The molecule has 0 aliphatic heterocycles. The van der Waals surface area contributed by atoms with Crippen molar-refractivity contribution < 1.29 is 9.59 Å². The molecule has 1 aromatic rings. The molecule has 5 nitrogen and oxygen atoms in total. The number of amides is 2. The van der Waals surface area contributed by atoms with E-state index in [0.717, 1.165) is 24.3 Å². The zero-order chi connectivity index (χ0) is 15.0. The molecule has 0 radical (unpaired) electrons. The van der Waals surface area contributed by atoms with Crippen LogP contribution in [0.15, 0.2) is 24.3 Å². The van der Waals surface area contributed by atoms with E-state index in [0.29, 0.717) is 12.5 Å². The summed E-state index contributed by atoms with van der Waals surface area (Å²) in [4.78, 5) is 22.6. The molecule has 0 saturated heterocycles. The third-order valence-electron chi connectivity index (χ3n) is 2.62. The van der Waals surface area contributed by atoms with E-state index < -0.39 is 0 Å². The molecule has 0 saturated carbocycles. The van der Waals surface area contributed by atoms with Gasteiger partial charge in [-0.05, 0) is 37.2 Å². The quantitative estimate of drug-likeness (QED) is 0.670. The second-order valence-electron chi connectivity index (χ2n) is 5.02. The highest BCUT2D eigenvalue weighted by atomic mass is 16.2. The summed E-state index contributed by atoms with van der Waals surface area (Å²) in [7, 11) is 0. The Hall–Kier alpha value is -1.88. The molecule has 0 aromatic heterocycles. The lowest BCUT2D eigenvalue weighted by Gasteiger charge is -2.09. The Labute approximate surface area is 120 Å². The van der Waals surface area contributed by atoms with Crippen LogP contribution in [0.4, 0.5) is 11.4 Å². The van der Waals surface area contributed by atoms with Crippen LogP contribution in [0.3, 0.4) is 0 Å². The first kappa shape index (κ1) is 16.2. The van der Waals surface area contributed by atoms with Gasteiger partial charge in [0, 0.05) is 30.8 Å². The van der Waals surface area contributed by atoms with E-state index in [-0.39, 0.29) is 11.8 Å². The zero-order valence-corrected chi connectivity index (χ0v) is 12.3. The molecule has 1 aromatic carbocycles. The molecule has 3 N–H and O–H groups in total. The van der Waals surface area contributed by atoms with Crippen LogP contribution < -0.4 is 16.0 Å². The molecule has 20 heavy (non-hydrogen) atoms. The van der Waals surface area contributed by atoms with Gasteiger partial charge in [0.2, 0.25) is 11.8 Å². The van der Waals surface area contributed by atoms with Crippen LogP contribution in [0.2, 0.25) is 0 Å². The van der Waals surface area contributed by atoms with Crippen LogP contribution in [0.5, 0.6) is 0 Å². The molecule has 0 aliphatic rings. The van der Waals surface area contributed by atoms with Crippen molar-refractivity contribution in [3.63, 3.8) is 0 Å². The number of anilines is 2. The highest BCUT2D eigenvalue weighted by molar-refractivity contribution is 5.92. The van der Waals surface area contributed by atoms with Crippen LogP contribution >= 0.6 is 0 Å². The van der Waals surface area contributed by atoms with Gasteiger partial charge in [0.25, 0.3) is 0 Å². The minimum Gasteiger partial charge on any atom is -0.326 e. The maximum atomic E-state index is 11.7. The number of rotatable bonds is 7. The van der Waals surface area contributed by atoms with E-state index in [2.05, 4.69) is 29.8 Å². The van der Waals surface area contributed by atoms with Crippen molar-refractivity contribution in [1.82, 2.24) is 5.32 Å². The molecule has 0 aliphatic carbocycles. The summed E-state index contributed by atoms with van der Waals surface area (Å²) in [6.45, 7) is 6.46. The lowest BCUT2D eigenvalue weighted by atomic mass is 10.2. The molecule has 1 rings (SSSR count). The average Bonchev–Trinajstić information content (AvgIpc) is 2.36. The summed E-state index contributed by atoms with van der Waals surface area (Å²) >= 11 is 0. The van der Waals surface area contributed by atoms with Gasteiger partial charge in [-0.15, -0.1) is 0 Å². The van der Waals surface area contributed by atoms with E-state index >= 15 is 0 Å². The fourth-order valence-electron chi connectivity index (χ4n) is 1.70. The summed E-state index contributed by atoms with van der Waals surface area (Å²) < 4.78 is 0. The van der Waals surface area contributed by atoms with Crippen molar-refractivity contribution in [2.24, 2.45) is 0 Å². The number of nitrogens with one attached hydrogen (secondary N) is 3. The summed E-state index contributed by atoms with van der Waals surface area (Å²) in [5, 5.41) is 8.78. The normalized spacial score (nSPS) is 10.4. The Balaban J connectivity index is 2.33. The van der Waals surface area contributed by atoms with Crippen LogP contribution in [0.25, 0.3) is 0 Å². The maximum Gasteiger partial charge on any atom is 0.224 e. The summed E-state index contributed by atoms with van der Waals surface area (Å²) in [5.74, 6) is -0.109. The highest BCUT2D eigenvalue weighted by Gasteiger charge is 2.03. The average molecular weight is 277 g/mol. The second-order valence-corrected chi connectivity index (χ2v) is 5.02. The standard InChI is InChI=1S/C15H23N3O2/c1-11(2)16-10-4-5-15(20)18-14-8-6-13(7-9-14)17-12(3)19/h6-9,11,16H,4-5,10H2,1-3H3,(H,17,19)(H,18,20). The summed E-state index contributed by atoms with van der Waals surface area (Å²) in [6.07, 6.45) is 1.31. The van der Waals surface area contributed by atoms with Gasteiger partial charge in [-0.1, -0.05) is 13.8 Å². The number of hydrogen-bond donors (Lipinski definition) is 3. The molecule has 2 amide bonds. The van der Waals surface area contributed by atoms with E-state index in [9.17, 15) is 9.59 Å². The fourth-order valence-corrected chi connectivity index (χ4v) is 1.70. The number of hydrogen-bond acceptors (Lipinski definition) is 3. The number of benzene rings is 1. The largest absolute Gasteiger partial charge is 0.326 e. The van der Waals surface area contributed by atoms with Crippen LogP contribution in [-0.4, -0.2) is 24.4 Å². The molecular formula is C15H23N3O2. The SMILES string of the molecule is CC(=O)Nc1ccc(NC(=O)CCCNC(C)C)cc1. The molecule has 0 fully saturated rings. The maximum absolute atomic E-state index is 11.7. The Kier molecular flexibility index (Phi) is 6.73. The van der Waals surface area contributed by atoms with Gasteiger partial charge in [-0.2, -0.15) is 0 Å². The van der Waals surface area contributed by atoms with E-state index in [1.54, 1.807) is 24.3 Å². The number of carbonyl (C=O) groups is 2. The third kappa shape index (κ3) is 6.89. The summed E-state index contributed by atoms with van der Waals surface area (Å²) in [5.41, 5.74) is 1.46. The molecule has 0 spiro atoms. The van der Waals surface area contributed by atoms with Crippen molar-refractivity contribution in [2.45, 2.75) is 39.7 Å². The Morgan fingerprint density at radius 1 is 1.05 bits per heavy atom. The first-order valence-electron chi connectivity index (χ1n) is 6.88. The molecule has 0 atom stereocenters.